The molecule has 1 fully saturated rings. The fourth-order valence-electron chi connectivity index (χ4n) is 3.12. The van der Waals surface area contributed by atoms with Crippen molar-refractivity contribution in [3.05, 3.63) is 41.6 Å². The molecule has 0 saturated carbocycles. The van der Waals surface area contributed by atoms with E-state index in [2.05, 4.69) is 16.1 Å². The van der Waals surface area contributed by atoms with E-state index < -0.39 is 0 Å². The average Bonchev–Trinajstić information content (AvgIpc) is 3.17. The summed E-state index contributed by atoms with van der Waals surface area (Å²) in [6.45, 7) is 7.79. The van der Waals surface area contributed by atoms with Crippen molar-refractivity contribution in [2.75, 3.05) is 33.3 Å². The minimum absolute atomic E-state index is 0.0509. The third kappa shape index (κ3) is 4.70. The van der Waals surface area contributed by atoms with Crippen LogP contribution in [0.25, 0.3) is 0 Å². The van der Waals surface area contributed by atoms with E-state index in [1.165, 1.54) is 0 Å². The Bertz CT molecular complexity index is 695. The monoisotopic (exact) mass is 346 g/mol. The van der Waals surface area contributed by atoms with Crippen LogP contribution in [-0.4, -0.2) is 64.9 Å². The van der Waals surface area contributed by atoms with Crippen molar-refractivity contribution in [2.45, 2.75) is 33.0 Å². The van der Waals surface area contributed by atoms with Crippen LogP contribution in [0.4, 0.5) is 0 Å². The molecule has 1 aliphatic heterocycles. The standard InChI is InChI=1S/C18H26N4O3/c1-14-9-15(2)22(19-14)12-17-11-21(6-8-25-17)13-18(23)20(3)10-16-5-4-7-24-16/h4-5,7,9,17H,6,8,10-13H2,1-3H3/t17-/m1/s1. The van der Waals surface area contributed by atoms with Crippen molar-refractivity contribution < 1.29 is 13.9 Å². The highest BCUT2D eigenvalue weighted by atomic mass is 16.5. The number of morpholine rings is 1. The molecule has 2 aromatic heterocycles. The van der Waals surface area contributed by atoms with Gasteiger partial charge in [-0.05, 0) is 32.0 Å². The summed E-state index contributed by atoms with van der Waals surface area (Å²) < 4.78 is 13.1. The highest BCUT2D eigenvalue weighted by Gasteiger charge is 2.24. The van der Waals surface area contributed by atoms with Gasteiger partial charge in [0.05, 0.1) is 44.3 Å². The van der Waals surface area contributed by atoms with Gasteiger partial charge in [0.25, 0.3) is 0 Å². The maximum Gasteiger partial charge on any atom is 0.236 e. The average molecular weight is 346 g/mol. The second-order valence-corrected chi connectivity index (χ2v) is 6.67. The van der Waals surface area contributed by atoms with Crippen LogP contribution in [0.5, 0.6) is 0 Å². The number of carbonyl (C=O) groups is 1. The van der Waals surface area contributed by atoms with Crippen molar-refractivity contribution in [3.8, 4) is 0 Å². The van der Waals surface area contributed by atoms with Gasteiger partial charge in [0.15, 0.2) is 0 Å². The van der Waals surface area contributed by atoms with E-state index in [0.29, 0.717) is 26.2 Å². The van der Waals surface area contributed by atoms with Gasteiger partial charge in [0.2, 0.25) is 5.91 Å². The predicted octanol–water partition coefficient (Wildman–Crippen LogP) is 1.45. The molecule has 0 radical (unpaired) electrons. The van der Waals surface area contributed by atoms with Crippen LogP contribution >= 0.6 is 0 Å². The quantitative estimate of drug-likeness (QED) is 0.792. The summed E-state index contributed by atoms with van der Waals surface area (Å²) in [4.78, 5) is 16.3. The molecule has 0 unspecified atom stereocenters. The number of aryl methyl sites for hydroxylation is 2. The highest BCUT2D eigenvalue weighted by Crippen LogP contribution is 2.11. The number of ether oxygens (including phenoxy) is 1. The Kier molecular flexibility index (Phi) is 5.55. The van der Waals surface area contributed by atoms with Gasteiger partial charge in [-0.15, -0.1) is 0 Å². The molecule has 2 aromatic rings. The van der Waals surface area contributed by atoms with Crippen LogP contribution in [0, 0.1) is 13.8 Å². The molecule has 1 amide bonds. The van der Waals surface area contributed by atoms with Gasteiger partial charge in [-0.3, -0.25) is 14.4 Å². The second kappa shape index (κ2) is 7.84. The summed E-state index contributed by atoms with van der Waals surface area (Å²) in [5.74, 6) is 0.878. The Morgan fingerprint density at radius 3 is 2.96 bits per heavy atom. The maximum atomic E-state index is 12.4. The molecular formula is C18H26N4O3. The van der Waals surface area contributed by atoms with Crippen molar-refractivity contribution in [1.82, 2.24) is 19.6 Å². The van der Waals surface area contributed by atoms with Crippen molar-refractivity contribution in [1.29, 1.82) is 0 Å². The zero-order valence-electron chi connectivity index (χ0n) is 15.1. The summed E-state index contributed by atoms with van der Waals surface area (Å²) in [6.07, 6.45) is 1.68. The van der Waals surface area contributed by atoms with E-state index in [1.54, 1.807) is 18.2 Å². The SMILES string of the molecule is Cc1cc(C)n(C[C@H]2CN(CC(=O)N(C)Cc3ccco3)CCO2)n1. The number of hydrogen-bond acceptors (Lipinski definition) is 5. The molecule has 7 nitrogen and oxygen atoms in total. The zero-order valence-corrected chi connectivity index (χ0v) is 15.1. The highest BCUT2D eigenvalue weighted by molar-refractivity contribution is 5.77. The van der Waals surface area contributed by atoms with E-state index in [0.717, 1.165) is 30.2 Å². The molecule has 0 aromatic carbocycles. The van der Waals surface area contributed by atoms with Gasteiger partial charge in [0.1, 0.15) is 5.76 Å². The molecule has 136 valence electrons. The van der Waals surface area contributed by atoms with E-state index >= 15 is 0 Å². The number of aromatic nitrogens is 2. The number of nitrogens with zero attached hydrogens (tertiary/aromatic N) is 4. The van der Waals surface area contributed by atoms with E-state index in [4.69, 9.17) is 9.15 Å². The molecule has 7 heteroatoms. The van der Waals surface area contributed by atoms with E-state index in [-0.39, 0.29) is 12.0 Å². The Morgan fingerprint density at radius 1 is 1.44 bits per heavy atom. The van der Waals surface area contributed by atoms with Crippen molar-refractivity contribution in [2.24, 2.45) is 0 Å². The first-order valence-corrected chi connectivity index (χ1v) is 8.62. The van der Waals surface area contributed by atoms with Crippen LogP contribution in [0.1, 0.15) is 17.1 Å². The maximum absolute atomic E-state index is 12.4. The number of likely N-dealkylation sites (N-methyl/N-ethyl adjacent to an activating group) is 1. The predicted molar refractivity (Wildman–Crippen MR) is 93.1 cm³/mol. The molecule has 1 saturated heterocycles. The summed E-state index contributed by atoms with van der Waals surface area (Å²) in [7, 11) is 1.80. The lowest BCUT2D eigenvalue weighted by atomic mass is 10.2. The number of hydrogen-bond donors (Lipinski definition) is 0. The fraction of sp³-hybridized carbons (Fsp3) is 0.556. The third-order valence-electron chi connectivity index (χ3n) is 4.46. The van der Waals surface area contributed by atoms with Gasteiger partial charge >= 0.3 is 0 Å². The molecule has 0 N–H and O–H groups in total. The lowest BCUT2D eigenvalue weighted by molar-refractivity contribution is -0.134. The molecule has 0 aliphatic carbocycles. The topological polar surface area (TPSA) is 63.7 Å². The zero-order chi connectivity index (χ0) is 17.8. The normalized spacial score (nSPS) is 18.4. The van der Waals surface area contributed by atoms with Crippen LogP contribution in [-0.2, 0) is 22.6 Å². The van der Waals surface area contributed by atoms with Gasteiger partial charge in [-0.25, -0.2) is 0 Å². The number of rotatable bonds is 6. The molecule has 0 spiro atoms. The first-order chi connectivity index (χ1) is 12.0. The Labute approximate surface area is 148 Å². The molecule has 1 atom stereocenters. The van der Waals surface area contributed by atoms with Crippen molar-refractivity contribution in [3.63, 3.8) is 0 Å². The first kappa shape index (κ1) is 17.7. The van der Waals surface area contributed by atoms with Gasteiger partial charge in [0, 0.05) is 25.8 Å². The van der Waals surface area contributed by atoms with Gasteiger partial charge < -0.3 is 14.1 Å². The van der Waals surface area contributed by atoms with Crippen LogP contribution in [0.3, 0.4) is 0 Å². The number of amides is 1. The molecule has 1 aliphatic rings. The summed E-state index contributed by atoms with van der Waals surface area (Å²) in [5, 5.41) is 4.49. The third-order valence-corrected chi connectivity index (χ3v) is 4.46. The van der Waals surface area contributed by atoms with Crippen LogP contribution in [0.15, 0.2) is 28.9 Å². The van der Waals surface area contributed by atoms with Gasteiger partial charge in [-0.1, -0.05) is 0 Å². The van der Waals surface area contributed by atoms with E-state index in [1.807, 2.05) is 30.7 Å². The largest absolute Gasteiger partial charge is 0.467 e. The van der Waals surface area contributed by atoms with E-state index in [9.17, 15) is 4.79 Å². The molecule has 3 rings (SSSR count). The van der Waals surface area contributed by atoms with Crippen molar-refractivity contribution >= 4 is 5.91 Å². The lowest BCUT2D eigenvalue weighted by Crippen LogP contribution is -2.48. The second-order valence-electron chi connectivity index (χ2n) is 6.67. The molecule has 0 bridgehead atoms. The lowest BCUT2D eigenvalue weighted by Gasteiger charge is -2.33. The molecular weight excluding hydrogens is 320 g/mol. The number of carbonyl (C=O) groups excluding carboxylic acids is 1. The van der Waals surface area contributed by atoms with Crippen LogP contribution < -0.4 is 0 Å². The van der Waals surface area contributed by atoms with Crippen LogP contribution in [0.2, 0.25) is 0 Å². The van der Waals surface area contributed by atoms with Gasteiger partial charge in [-0.2, -0.15) is 5.10 Å². The first-order valence-electron chi connectivity index (χ1n) is 8.62. The minimum Gasteiger partial charge on any atom is -0.467 e. The molecule has 3 heterocycles. The Balaban J connectivity index is 1.50. The smallest absolute Gasteiger partial charge is 0.236 e. The fourth-order valence-corrected chi connectivity index (χ4v) is 3.12. The summed E-state index contributed by atoms with van der Waals surface area (Å²) in [6, 6.07) is 5.77. The summed E-state index contributed by atoms with van der Waals surface area (Å²) >= 11 is 0. The number of furan rings is 1. The Morgan fingerprint density at radius 2 is 2.28 bits per heavy atom. The molecule has 25 heavy (non-hydrogen) atoms. The summed E-state index contributed by atoms with van der Waals surface area (Å²) in [5.41, 5.74) is 2.15. The minimum atomic E-state index is 0.0509. The Hall–Kier alpha value is -2.12.